The van der Waals surface area contributed by atoms with Gasteiger partial charge in [-0.2, -0.15) is 0 Å². The van der Waals surface area contributed by atoms with Crippen molar-refractivity contribution >= 4 is 38.3 Å². The van der Waals surface area contributed by atoms with E-state index < -0.39 is 21.6 Å². The van der Waals surface area contributed by atoms with E-state index in [1.807, 2.05) is 6.07 Å². The first-order valence-corrected chi connectivity index (χ1v) is 15.7. The first-order valence-electron chi connectivity index (χ1n) is 14.2. The molecule has 2 saturated carbocycles. The van der Waals surface area contributed by atoms with Gasteiger partial charge in [-0.3, -0.25) is 9.59 Å². The third-order valence-electron chi connectivity index (χ3n) is 7.77. The van der Waals surface area contributed by atoms with Crippen molar-refractivity contribution in [3.8, 4) is 0 Å². The molecule has 2 amide bonds. The van der Waals surface area contributed by atoms with Crippen molar-refractivity contribution in [2.24, 2.45) is 11.8 Å². The fraction of sp³-hybridized carbons (Fsp3) is 0.600. The molecule has 0 saturated heterocycles. The van der Waals surface area contributed by atoms with Crippen LogP contribution in [0.2, 0.25) is 0 Å². The number of amides is 2. The molecular formula is C30H43N3O4S. The highest BCUT2D eigenvalue weighted by Gasteiger charge is 2.30. The summed E-state index contributed by atoms with van der Waals surface area (Å²) in [7, 11) is -3.77. The van der Waals surface area contributed by atoms with Crippen LogP contribution in [0.5, 0.6) is 0 Å². The quantitative estimate of drug-likeness (QED) is 0.388. The lowest BCUT2D eigenvalue weighted by atomic mass is 9.84. The van der Waals surface area contributed by atoms with Gasteiger partial charge >= 0.3 is 0 Å². The predicted molar refractivity (Wildman–Crippen MR) is 152 cm³/mol. The van der Waals surface area contributed by atoms with Crippen molar-refractivity contribution in [2.75, 3.05) is 5.32 Å². The summed E-state index contributed by atoms with van der Waals surface area (Å²) in [5.74, 6) is 0.137. The number of hydrogen-bond acceptors (Lipinski definition) is 4. The Morgan fingerprint density at radius 1 is 0.868 bits per heavy atom. The molecule has 7 nitrogen and oxygen atoms in total. The summed E-state index contributed by atoms with van der Waals surface area (Å²) in [6, 6.07) is 9.78. The molecule has 0 heterocycles. The molecule has 0 radical (unpaired) electrons. The second kappa shape index (κ2) is 12.2. The number of fused-ring (bicyclic) bond motifs is 1. The van der Waals surface area contributed by atoms with E-state index in [1.54, 1.807) is 51.1 Å². The van der Waals surface area contributed by atoms with Crippen LogP contribution in [-0.2, 0) is 19.6 Å². The van der Waals surface area contributed by atoms with Gasteiger partial charge in [0.2, 0.25) is 21.8 Å². The number of sulfonamides is 1. The molecule has 8 heteroatoms. The second-order valence-electron chi connectivity index (χ2n) is 12.1. The van der Waals surface area contributed by atoms with E-state index in [9.17, 15) is 18.0 Å². The van der Waals surface area contributed by atoms with Crippen LogP contribution in [-0.4, -0.2) is 31.8 Å². The number of carbonyl (C=O) groups excluding carboxylic acids is 2. The first kappa shape index (κ1) is 28.6. The van der Waals surface area contributed by atoms with Crippen LogP contribution >= 0.6 is 0 Å². The molecule has 0 spiro atoms. The van der Waals surface area contributed by atoms with Gasteiger partial charge in [0.25, 0.3) is 0 Å². The largest absolute Gasteiger partial charge is 0.344 e. The molecule has 208 valence electrons. The maximum Gasteiger partial charge on any atom is 0.246 e. The lowest BCUT2D eigenvalue weighted by molar-refractivity contribution is -0.130. The van der Waals surface area contributed by atoms with Crippen LogP contribution in [0.15, 0.2) is 41.3 Å². The lowest BCUT2D eigenvalue weighted by Crippen LogP contribution is -2.47. The Hall–Kier alpha value is -2.45. The minimum atomic E-state index is -3.77. The van der Waals surface area contributed by atoms with Crippen LogP contribution in [0.1, 0.15) is 91.4 Å². The summed E-state index contributed by atoms with van der Waals surface area (Å²) < 4.78 is 29.0. The fourth-order valence-corrected chi connectivity index (χ4v) is 7.59. The molecule has 38 heavy (non-hydrogen) atoms. The molecule has 0 aromatic heterocycles. The minimum absolute atomic E-state index is 0.0137. The van der Waals surface area contributed by atoms with Gasteiger partial charge in [-0.1, -0.05) is 75.6 Å². The summed E-state index contributed by atoms with van der Waals surface area (Å²) in [6.45, 7) is 5.40. The molecular weight excluding hydrogens is 498 g/mol. The smallest absolute Gasteiger partial charge is 0.246 e. The zero-order valence-corrected chi connectivity index (χ0v) is 23.8. The highest BCUT2D eigenvalue weighted by atomic mass is 32.2. The second-order valence-corrected chi connectivity index (χ2v) is 13.8. The Morgan fingerprint density at radius 2 is 1.47 bits per heavy atom. The number of anilines is 1. The van der Waals surface area contributed by atoms with Gasteiger partial charge in [0.15, 0.2) is 0 Å². The van der Waals surface area contributed by atoms with Gasteiger partial charge in [-0.05, 0) is 58.1 Å². The van der Waals surface area contributed by atoms with Crippen molar-refractivity contribution in [3.63, 3.8) is 0 Å². The molecule has 4 rings (SSSR count). The van der Waals surface area contributed by atoms with Crippen molar-refractivity contribution in [2.45, 2.75) is 108 Å². The van der Waals surface area contributed by atoms with Crippen molar-refractivity contribution < 1.29 is 18.0 Å². The zero-order valence-electron chi connectivity index (χ0n) is 23.0. The van der Waals surface area contributed by atoms with E-state index in [1.165, 1.54) is 25.7 Å². The molecule has 2 aromatic carbocycles. The highest BCUT2D eigenvalue weighted by Crippen LogP contribution is 2.31. The van der Waals surface area contributed by atoms with Gasteiger partial charge in [0.1, 0.15) is 6.04 Å². The minimum Gasteiger partial charge on any atom is -0.344 e. The standard InChI is InChI=1S/C30H43N3O4S/c1-30(2,3)33-38(36,37)27-19-11-16-23-24(27)17-10-18-25(23)31-29(35)26(20-21-12-6-4-7-13-21)32-28(34)22-14-8-5-9-15-22/h10-11,16-19,21-22,26,33H,4-9,12-15,20H2,1-3H3,(H,31,35)(H,32,34)/t26-/m0/s1. The summed E-state index contributed by atoms with van der Waals surface area (Å²) >= 11 is 0. The van der Waals surface area contributed by atoms with Gasteiger partial charge in [0, 0.05) is 27.9 Å². The third kappa shape index (κ3) is 7.35. The topological polar surface area (TPSA) is 104 Å². The Labute approximate surface area is 227 Å². The Kier molecular flexibility index (Phi) is 9.14. The summed E-state index contributed by atoms with van der Waals surface area (Å²) in [6.07, 6.45) is 11.4. The normalized spacial score (nSPS) is 18.7. The number of benzene rings is 2. The average molecular weight is 542 g/mol. The van der Waals surface area contributed by atoms with E-state index in [-0.39, 0.29) is 22.6 Å². The van der Waals surface area contributed by atoms with Crippen LogP contribution in [0, 0.1) is 11.8 Å². The first-order chi connectivity index (χ1) is 18.0. The SMILES string of the molecule is CC(C)(C)NS(=O)(=O)c1cccc2c(NC(=O)[C@H](CC3CCCCC3)NC(=O)C3CCCCC3)cccc12. The summed E-state index contributed by atoms with van der Waals surface area (Å²) in [4.78, 5) is 27.0. The van der Waals surface area contributed by atoms with Gasteiger partial charge in [-0.25, -0.2) is 13.1 Å². The number of rotatable bonds is 8. The Balaban J connectivity index is 1.59. The van der Waals surface area contributed by atoms with Crippen LogP contribution in [0.3, 0.4) is 0 Å². The zero-order chi connectivity index (χ0) is 27.3. The van der Waals surface area contributed by atoms with Crippen molar-refractivity contribution in [1.82, 2.24) is 10.0 Å². The van der Waals surface area contributed by atoms with Crippen LogP contribution in [0.4, 0.5) is 5.69 Å². The van der Waals surface area contributed by atoms with E-state index in [2.05, 4.69) is 15.4 Å². The Morgan fingerprint density at radius 3 is 2.13 bits per heavy atom. The molecule has 3 N–H and O–H groups in total. The molecule has 0 aliphatic heterocycles. The van der Waals surface area contributed by atoms with E-state index in [4.69, 9.17) is 0 Å². The molecule has 0 unspecified atom stereocenters. The fourth-order valence-electron chi connectivity index (χ4n) is 5.94. The summed E-state index contributed by atoms with van der Waals surface area (Å²) in [5.41, 5.74) is -0.0868. The molecule has 2 aliphatic carbocycles. The van der Waals surface area contributed by atoms with Crippen molar-refractivity contribution in [1.29, 1.82) is 0 Å². The van der Waals surface area contributed by atoms with Gasteiger partial charge < -0.3 is 10.6 Å². The average Bonchev–Trinajstić information content (AvgIpc) is 2.88. The molecule has 2 fully saturated rings. The van der Waals surface area contributed by atoms with Gasteiger partial charge in [-0.15, -0.1) is 0 Å². The predicted octanol–water partition coefficient (Wildman–Crippen LogP) is 5.89. The number of nitrogens with one attached hydrogen (secondary N) is 3. The molecule has 1 atom stereocenters. The Bertz CT molecular complexity index is 1240. The summed E-state index contributed by atoms with van der Waals surface area (Å²) in [5, 5.41) is 7.33. The maximum absolute atomic E-state index is 13.7. The monoisotopic (exact) mass is 541 g/mol. The molecule has 2 aromatic rings. The lowest BCUT2D eigenvalue weighted by Gasteiger charge is -2.29. The number of hydrogen-bond donors (Lipinski definition) is 3. The van der Waals surface area contributed by atoms with E-state index in [0.717, 1.165) is 38.5 Å². The van der Waals surface area contributed by atoms with Crippen LogP contribution < -0.4 is 15.4 Å². The third-order valence-corrected chi connectivity index (χ3v) is 9.59. The van der Waals surface area contributed by atoms with Gasteiger partial charge in [0.05, 0.1) is 4.90 Å². The highest BCUT2D eigenvalue weighted by molar-refractivity contribution is 7.89. The maximum atomic E-state index is 13.7. The molecule has 0 bridgehead atoms. The van der Waals surface area contributed by atoms with Crippen molar-refractivity contribution in [3.05, 3.63) is 36.4 Å². The van der Waals surface area contributed by atoms with E-state index in [0.29, 0.717) is 28.8 Å². The number of carbonyl (C=O) groups is 2. The molecule has 2 aliphatic rings. The van der Waals surface area contributed by atoms with Crippen LogP contribution in [0.25, 0.3) is 10.8 Å². The van der Waals surface area contributed by atoms with E-state index >= 15 is 0 Å².